The molecule has 0 saturated heterocycles. The Balaban J connectivity index is 1.99. The molecule has 110 valence electrons. The number of nitrogens with zero attached hydrogens (tertiary/aromatic N) is 2. The van der Waals surface area contributed by atoms with E-state index in [1.807, 2.05) is 31.2 Å². The molecule has 2 N–H and O–H groups in total. The fourth-order valence-corrected chi connectivity index (χ4v) is 1.99. The molecular formula is C16H20N4O. The molecule has 0 aliphatic heterocycles. The standard InChI is InChI=1S/C16H20N4O/c1-3-8-17-13-6-7-15(12(2)10-13)16(21)18-11-14-5-4-9-19-20-14/h4-7,9-10,17H,3,8,11H2,1-2H3,(H,18,21). The third-order valence-corrected chi connectivity index (χ3v) is 3.11. The normalized spacial score (nSPS) is 10.2. The van der Waals surface area contributed by atoms with Gasteiger partial charge in [0.25, 0.3) is 5.91 Å². The monoisotopic (exact) mass is 284 g/mol. The first-order valence-electron chi connectivity index (χ1n) is 7.10. The smallest absolute Gasteiger partial charge is 0.251 e. The van der Waals surface area contributed by atoms with Crippen LogP contribution in [0.1, 0.15) is 35.0 Å². The number of nitrogens with one attached hydrogen (secondary N) is 2. The summed E-state index contributed by atoms with van der Waals surface area (Å²) in [6, 6.07) is 9.40. The van der Waals surface area contributed by atoms with Gasteiger partial charge < -0.3 is 10.6 Å². The first-order valence-corrected chi connectivity index (χ1v) is 7.10. The molecule has 0 aliphatic rings. The highest BCUT2D eigenvalue weighted by Crippen LogP contribution is 2.15. The van der Waals surface area contributed by atoms with Crippen LogP contribution in [0.3, 0.4) is 0 Å². The van der Waals surface area contributed by atoms with Crippen LogP contribution in [-0.4, -0.2) is 22.6 Å². The van der Waals surface area contributed by atoms with Gasteiger partial charge >= 0.3 is 0 Å². The highest BCUT2D eigenvalue weighted by molar-refractivity contribution is 5.96. The van der Waals surface area contributed by atoms with Gasteiger partial charge in [-0.05, 0) is 49.2 Å². The zero-order valence-corrected chi connectivity index (χ0v) is 12.4. The molecule has 1 amide bonds. The van der Waals surface area contributed by atoms with E-state index < -0.39 is 0 Å². The van der Waals surface area contributed by atoms with E-state index in [0.717, 1.165) is 29.9 Å². The molecule has 1 aromatic carbocycles. The maximum absolute atomic E-state index is 12.2. The van der Waals surface area contributed by atoms with E-state index in [2.05, 4.69) is 27.8 Å². The molecule has 2 rings (SSSR count). The number of rotatable bonds is 6. The fourth-order valence-electron chi connectivity index (χ4n) is 1.99. The predicted octanol–water partition coefficient (Wildman–Crippen LogP) is 2.54. The first kappa shape index (κ1) is 15.0. The summed E-state index contributed by atoms with van der Waals surface area (Å²) < 4.78 is 0. The second-order valence-corrected chi connectivity index (χ2v) is 4.85. The summed E-state index contributed by atoms with van der Waals surface area (Å²) in [4.78, 5) is 12.2. The molecule has 0 spiro atoms. The number of aromatic nitrogens is 2. The average molecular weight is 284 g/mol. The minimum atomic E-state index is -0.0970. The van der Waals surface area contributed by atoms with Crippen molar-refractivity contribution in [3.05, 3.63) is 53.3 Å². The van der Waals surface area contributed by atoms with Crippen LogP contribution >= 0.6 is 0 Å². The van der Waals surface area contributed by atoms with Gasteiger partial charge in [0.05, 0.1) is 12.2 Å². The Hall–Kier alpha value is -2.43. The van der Waals surface area contributed by atoms with E-state index in [9.17, 15) is 4.79 Å². The first-order chi connectivity index (χ1) is 10.2. The molecule has 0 saturated carbocycles. The fraction of sp³-hybridized carbons (Fsp3) is 0.312. The van der Waals surface area contributed by atoms with E-state index in [-0.39, 0.29) is 5.91 Å². The Morgan fingerprint density at radius 2 is 2.14 bits per heavy atom. The Morgan fingerprint density at radius 3 is 2.81 bits per heavy atom. The summed E-state index contributed by atoms with van der Waals surface area (Å²) in [7, 11) is 0. The van der Waals surface area contributed by atoms with Gasteiger partial charge in [0, 0.05) is 24.0 Å². The van der Waals surface area contributed by atoms with Gasteiger partial charge in [-0.2, -0.15) is 10.2 Å². The number of amides is 1. The number of carbonyl (C=O) groups excluding carboxylic acids is 1. The van der Waals surface area contributed by atoms with Crippen LogP contribution < -0.4 is 10.6 Å². The third kappa shape index (κ3) is 4.27. The van der Waals surface area contributed by atoms with Crippen LogP contribution in [0.25, 0.3) is 0 Å². The number of benzene rings is 1. The molecule has 21 heavy (non-hydrogen) atoms. The Labute approximate surface area is 124 Å². The summed E-state index contributed by atoms with van der Waals surface area (Å²) >= 11 is 0. The molecule has 0 aliphatic carbocycles. The molecule has 0 fully saturated rings. The summed E-state index contributed by atoms with van der Waals surface area (Å²) in [5.41, 5.74) is 3.42. The van der Waals surface area contributed by atoms with Crippen LogP contribution in [0.2, 0.25) is 0 Å². The minimum Gasteiger partial charge on any atom is -0.385 e. The highest BCUT2D eigenvalue weighted by Gasteiger charge is 2.09. The van der Waals surface area contributed by atoms with Crippen molar-refractivity contribution in [3.8, 4) is 0 Å². The van der Waals surface area contributed by atoms with Crippen molar-refractivity contribution in [1.29, 1.82) is 0 Å². The molecule has 5 nitrogen and oxygen atoms in total. The van der Waals surface area contributed by atoms with E-state index in [1.165, 1.54) is 0 Å². The number of aryl methyl sites for hydroxylation is 1. The van der Waals surface area contributed by atoms with Crippen molar-refractivity contribution in [2.45, 2.75) is 26.8 Å². The van der Waals surface area contributed by atoms with Crippen LogP contribution in [0.4, 0.5) is 5.69 Å². The topological polar surface area (TPSA) is 66.9 Å². The van der Waals surface area contributed by atoms with Gasteiger partial charge in [0.2, 0.25) is 0 Å². The quantitative estimate of drug-likeness (QED) is 0.855. The Morgan fingerprint density at radius 1 is 1.29 bits per heavy atom. The zero-order chi connectivity index (χ0) is 15.1. The van der Waals surface area contributed by atoms with E-state index in [1.54, 1.807) is 12.3 Å². The molecule has 5 heteroatoms. The maximum atomic E-state index is 12.2. The van der Waals surface area contributed by atoms with Gasteiger partial charge in [-0.1, -0.05) is 6.92 Å². The number of hydrogen-bond donors (Lipinski definition) is 2. The molecule has 0 unspecified atom stereocenters. The van der Waals surface area contributed by atoms with Crippen LogP contribution in [0.5, 0.6) is 0 Å². The number of carbonyl (C=O) groups is 1. The molecule has 2 aromatic rings. The van der Waals surface area contributed by atoms with E-state index in [0.29, 0.717) is 12.1 Å². The molecule has 0 bridgehead atoms. The SMILES string of the molecule is CCCNc1ccc(C(=O)NCc2cccnn2)c(C)c1. The van der Waals surface area contributed by atoms with Gasteiger partial charge in [-0.15, -0.1) is 0 Å². The van der Waals surface area contributed by atoms with Gasteiger partial charge in [-0.3, -0.25) is 4.79 Å². The van der Waals surface area contributed by atoms with Crippen molar-refractivity contribution < 1.29 is 4.79 Å². The Kier molecular flexibility index (Phi) is 5.26. The molecule has 0 atom stereocenters. The second-order valence-electron chi connectivity index (χ2n) is 4.85. The third-order valence-electron chi connectivity index (χ3n) is 3.11. The number of anilines is 1. The lowest BCUT2D eigenvalue weighted by atomic mass is 10.1. The summed E-state index contributed by atoms with van der Waals surface area (Å²) in [5.74, 6) is -0.0970. The Bertz CT molecular complexity index is 598. The predicted molar refractivity (Wildman–Crippen MR) is 83.2 cm³/mol. The van der Waals surface area contributed by atoms with Crippen LogP contribution in [-0.2, 0) is 6.54 Å². The van der Waals surface area contributed by atoms with Crippen molar-refractivity contribution in [3.63, 3.8) is 0 Å². The average Bonchev–Trinajstić information content (AvgIpc) is 2.51. The largest absolute Gasteiger partial charge is 0.385 e. The second kappa shape index (κ2) is 7.38. The summed E-state index contributed by atoms with van der Waals surface area (Å²) in [5, 5.41) is 13.9. The summed E-state index contributed by atoms with van der Waals surface area (Å²) in [6.07, 6.45) is 2.68. The lowest BCUT2D eigenvalue weighted by Gasteiger charge is -2.10. The van der Waals surface area contributed by atoms with E-state index in [4.69, 9.17) is 0 Å². The minimum absolute atomic E-state index is 0.0970. The number of hydrogen-bond acceptors (Lipinski definition) is 4. The molecule has 1 heterocycles. The van der Waals surface area contributed by atoms with Crippen molar-refractivity contribution in [1.82, 2.24) is 15.5 Å². The lowest BCUT2D eigenvalue weighted by molar-refractivity contribution is 0.0949. The summed E-state index contributed by atoms with van der Waals surface area (Å²) in [6.45, 7) is 5.36. The van der Waals surface area contributed by atoms with Gasteiger partial charge in [0.1, 0.15) is 0 Å². The van der Waals surface area contributed by atoms with Crippen molar-refractivity contribution in [2.24, 2.45) is 0 Å². The van der Waals surface area contributed by atoms with Crippen molar-refractivity contribution in [2.75, 3.05) is 11.9 Å². The molecular weight excluding hydrogens is 264 g/mol. The van der Waals surface area contributed by atoms with Gasteiger partial charge in [0.15, 0.2) is 0 Å². The zero-order valence-electron chi connectivity index (χ0n) is 12.4. The molecule has 1 aromatic heterocycles. The van der Waals surface area contributed by atoms with Crippen molar-refractivity contribution >= 4 is 11.6 Å². The van der Waals surface area contributed by atoms with E-state index >= 15 is 0 Å². The molecule has 0 radical (unpaired) electrons. The maximum Gasteiger partial charge on any atom is 0.251 e. The lowest BCUT2D eigenvalue weighted by Crippen LogP contribution is -2.24. The van der Waals surface area contributed by atoms with Crippen LogP contribution in [0.15, 0.2) is 36.5 Å². The van der Waals surface area contributed by atoms with Crippen LogP contribution in [0, 0.1) is 6.92 Å². The highest BCUT2D eigenvalue weighted by atomic mass is 16.1. The van der Waals surface area contributed by atoms with Gasteiger partial charge in [-0.25, -0.2) is 0 Å².